The molecule has 72 valence electrons. The number of hydrogen-bond acceptors (Lipinski definition) is 2. The average molecular weight is 171 g/mol. The van der Waals surface area contributed by atoms with E-state index in [1.165, 1.54) is 19.3 Å². The van der Waals surface area contributed by atoms with E-state index in [0.717, 1.165) is 6.61 Å². The molecule has 3 unspecified atom stereocenters. The van der Waals surface area contributed by atoms with Gasteiger partial charge in [-0.05, 0) is 25.8 Å². The van der Waals surface area contributed by atoms with Gasteiger partial charge in [-0.1, -0.05) is 20.3 Å². The summed E-state index contributed by atoms with van der Waals surface area (Å²) in [5, 5.41) is 3.33. The third kappa shape index (κ3) is 2.46. The monoisotopic (exact) mass is 171 g/mol. The van der Waals surface area contributed by atoms with E-state index in [2.05, 4.69) is 19.2 Å². The second-order valence-electron chi connectivity index (χ2n) is 3.80. The third-order valence-corrected chi connectivity index (χ3v) is 3.00. The molecule has 0 aliphatic carbocycles. The molecule has 12 heavy (non-hydrogen) atoms. The van der Waals surface area contributed by atoms with Crippen molar-refractivity contribution in [2.24, 2.45) is 5.92 Å². The molecule has 2 nitrogen and oxygen atoms in total. The number of hydrogen-bond donors (Lipinski definition) is 1. The number of nitrogens with one attached hydrogen (secondary N) is 1. The highest BCUT2D eigenvalue weighted by molar-refractivity contribution is 4.78. The van der Waals surface area contributed by atoms with Gasteiger partial charge in [-0.25, -0.2) is 0 Å². The van der Waals surface area contributed by atoms with Crippen LogP contribution in [0.1, 0.15) is 33.1 Å². The van der Waals surface area contributed by atoms with E-state index < -0.39 is 0 Å². The van der Waals surface area contributed by atoms with Crippen molar-refractivity contribution < 1.29 is 4.74 Å². The first kappa shape index (κ1) is 10.0. The molecule has 0 saturated carbocycles. The van der Waals surface area contributed by atoms with Crippen molar-refractivity contribution in [3.05, 3.63) is 0 Å². The largest absolute Gasteiger partial charge is 0.378 e. The van der Waals surface area contributed by atoms with Crippen LogP contribution in [0.5, 0.6) is 0 Å². The molecule has 1 saturated heterocycles. The van der Waals surface area contributed by atoms with Crippen LogP contribution in [0.2, 0.25) is 0 Å². The predicted molar refractivity (Wildman–Crippen MR) is 51.3 cm³/mol. The minimum Gasteiger partial charge on any atom is -0.378 e. The van der Waals surface area contributed by atoms with Crippen LogP contribution in [-0.2, 0) is 4.74 Å². The first-order valence-electron chi connectivity index (χ1n) is 5.06. The van der Waals surface area contributed by atoms with Crippen LogP contribution in [0.25, 0.3) is 0 Å². The molecule has 0 aromatic rings. The zero-order valence-electron chi connectivity index (χ0n) is 8.47. The molecule has 1 fully saturated rings. The highest BCUT2D eigenvalue weighted by Gasteiger charge is 2.24. The SMILES string of the molecule is CCC(C)C1CC(NC)CCO1. The van der Waals surface area contributed by atoms with Crippen molar-refractivity contribution in [2.45, 2.75) is 45.3 Å². The van der Waals surface area contributed by atoms with Gasteiger partial charge in [0.05, 0.1) is 6.10 Å². The summed E-state index contributed by atoms with van der Waals surface area (Å²) in [5.41, 5.74) is 0. The van der Waals surface area contributed by atoms with E-state index in [9.17, 15) is 0 Å². The molecular weight excluding hydrogens is 150 g/mol. The van der Waals surface area contributed by atoms with Gasteiger partial charge in [-0.15, -0.1) is 0 Å². The topological polar surface area (TPSA) is 21.3 Å². The molecule has 1 aliphatic heterocycles. The molecule has 0 bridgehead atoms. The van der Waals surface area contributed by atoms with Gasteiger partial charge in [0, 0.05) is 12.6 Å². The first-order valence-corrected chi connectivity index (χ1v) is 5.06. The first-order chi connectivity index (χ1) is 5.77. The van der Waals surface area contributed by atoms with E-state index in [1.54, 1.807) is 0 Å². The van der Waals surface area contributed by atoms with E-state index in [0.29, 0.717) is 18.1 Å². The van der Waals surface area contributed by atoms with Crippen LogP contribution in [0.3, 0.4) is 0 Å². The van der Waals surface area contributed by atoms with E-state index >= 15 is 0 Å². The molecule has 1 rings (SSSR count). The van der Waals surface area contributed by atoms with Crippen LogP contribution in [0, 0.1) is 5.92 Å². The maximum Gasteiger partial charge on any atom is 0.0615 e. The number of ether oxygens (including phenoxy) is 1. The second kappa shape index (κ2) is 4.83. The molecule has 0 spiro atoms. The van der Waals surface area contributed by atoms with Crippen molar-refractivity contribution >= 4 is 0 Å². The third-order valence-electron chi connectivity index (χ3n) is 3.00. The second-order valence-corrected chi connectivity index (χ2v) is 3.80. The summed E-state index contributed by atoms with van der Waals surface area (Å²) in [4.78, 5) is 0. The Labute approximate surface area is 75.7 Å². The highest BCUT2D eigenvalue weighted by atomic mass is 16.5. The normalized spacial score (nSPS) is 33.2. The summed E-state index contributed by atoms with van der Waals surface area (Å²) in [5.74, 6) is 0.709. The van der Waals surface area contributed by atoms with Crippen molar-refractivity contribution in [1.29, 1.82) is 0 Å². The maximum atomic E-state index is 5.72. The summed E-state index contributed by atoms with van der Waals surface area (Å²) in [6, 6.07) is 0.678. The van der Waals surface area contributed by atoms with Gasteiger partial charge < -0.3 is 10.1 Å². The van der Waals surface area contributed by atoms with Crippen LogP contribution < -0.4 is 5.32 Å². The fraction of sp³-hybridized carbons (Fsp3) is 1.00. The Balaban J connectivity index is 2.34. The quantitative estimate of drug-likeness (QED) is 0.699. The smallest absolute Gasteiger partial charge is 0.0615 e. The summed E-state index contributed by atoms with van der Waals surface area (Å²) in [7, 11) is 2.05. The van der Waals surface area contributed by atoms with Gasteiger partial charge in [0.2, 0.25) is 0 Å². The molecule has 0 radical (unpaired) electrons. The van der Waals surface area contributed by atoms with E-state index in [1.807, 2.05) is 7.05 Å². The van der Waals surface area contributed by atoms with Gasteiger partial charge in [-0.3, -0.25) is 0 Å². The fourth-order valence-corrected chi connectivity index (χ4v) is 1.75. The van der Waals surface area contributed by atoms with Gasteiger partial charge in [0.15, 0.2) is 0 Å². The van der Waals surface area contributed by atoms with Crippen molar-refractivity contribution in [2.75, 3.05) is 13.7 Å². The lowest BCUT2D eigenvalue weighted by Gasteiger charge is -2.32. The van der Waals surface area contributed by atoms with E-state index in [4.69, 9.17) is 4.74 Å². The summed E-state index contributed by atoms with van der Waals surface area (Å²) in [6.45, 7) is 5.44. The van der Waals surface area contributed by atoms with Crippen molar-refractivity contribution in [3.8, 4) is 0 Å². The summed E-state index contributed by atoms with van der Waals surface area (Å²) < 4.78 is 5.72. The predicted octanol–water partition coefficient (Wildman–Crippen LogP) is 1.80. The Morgan fingerprint density at radius 1 is 1.58 bits per heavy atom. The van der Waals surface area contributed by atoms with Crippen LogP contribution >= 0.6 is 0 Å². The lowest BCUT2D eigenvalue weighted by molar-refractivity contribution is -0.0283. The van der Waals surface area contributed by atoms with Gasteiger partial charge in [0.25, 0.3) is 0 Å². The minimum atomic E-state index is 0.487. The molecular formula is C10H21NO. The maximum absolute atomic E-state index is 5.72. The Morgan fingerprint density at radius 3 is 2.92 bits per heavy atom. The van der Waals surface area contributed by atoms with E-state index in [-0.39, 0.29) is 0 Å². The fourth-order valence-electron chi connectivity index (χ4n) is 1.75. The minimum absolute atomic E-state index is 0.487. The van der Waals surface area contributed by atoms with Gasteiger partial charge in [0.1, 0.15) is 0 Å². The molecule has 0 aromatic heterocycles. The molecule has 1 N–H and O–H groups in total. The van der Waals surface area contributed by atoms with Gasteiger partial charge >= 0.3 is 0 Å². The molecule has 1 heterocycles. The average Bonchev–Trinajstić information content (AvgIpc) is 2.17. The Hall–Kier alpha value is -0.0800. The molecule has 0 aromatic carbocycles. The zero-order valence-corrected chi connectivity index (χ0v) is 8.47. The van der Waals surface area contributed by atoms with Crippen molar-refractivity contribution in [3.63, 3.8) is 0 Å². The Kier molecular flexibility index (Phi) is 4.02. The summed E-state index contributed by atoms with van der Waals surface area (Å²) in [6.07, 6.45) is 4.07. The van der Waals surface area contributed by atoms with Crippen LogP contribution in [-0.4, -0.2) is 25.8 Å². The number of rotatable bonds is 3. The summed E-state index contributed by atoms with van der Waals surface area (Å²) >= 11 is 0. The molecule has 2 heteroatoms. The molecule has 3 atom stereocenters. The van der Waals surface area contributed by atoms with Crippen molar-refractivity contribution in [1.82, 2.24) is 5.32 Å². The standard InChI is InChI=1S/C10H21NO/c1-4-8(2)10-7-9(11-3)5-6-12-10/h8-11H,4-7H2,1-3H3. The lowest BCUT2D eigenvalue weighted by Crippen LogP contribution is -2.39. The van der Waals surface area contributed by atoms with Crippen LogP contribution in [0.15, 0.2) is 0 Å². The highest BCUT2D eigenvalue weighted by Crippen LogP contribution is 2.22. The van der Waals surface area contributed by atoms with Crippen LogP contribution in [0.4, 0.5) is 0 Å². The van der Waals surface area contributed by atoms with Gasteiger partial charge in [-0.2, -0.15) is 0 Å². The molecule has 1 aliphatic rings. The lowest BCUT2D eigenvalue weighted by atomic mass is 9.92. The Morgan fingerprint density at radius 2 is 2.33 bits per heavy atom. The zero-order chi connectivity index (χ0) is 8.97. The molecule has 0 amide bonds. The Bertz CT molecular complexity index is 125.